The highest BCUT2D eigenvalue weighted by Crippen LogP contribution is 2.60. The number of ether oxygens (including phenoxy) is 1. The van der Waals surface area contributed by atoms with E-state index in [2.05, 4.69) is 10.3 Å². The van der Waals surface area contributed by atoms with Gasteiger partial charge < -0.3 is 4.74 Å². The van der Waals surface area contributed by atoms with E-state index in [1.165, 1.54) is 11.1 Å². The second-order valence-corrected chi connectivity index (χ2v) is 9.11. The van der Waals surface area contributed by atoms with Crippen LogP contribution in [0.2, 0.25) is 5.02 Å². The van der Waals surface area contributed by atoms with Crippen LogP contribution in [0.4, 0.5) is 4.79 Å². The fraction of sp³-hybridized carbons (Fsp3) is 0.350. The molecule has 7 heteroatoms. The molecular formula is C20H17ClN2O3S. The number of benzene rings is 1. The number of carbonyl (C=O) groups excluding carboxylic acids is 2. The van der Waals surface area contributed by atoms with Crippen LogP contribution in [0.1, 0.15) is 29.5 Å². The van der Waals surface area contributed by atoms with Crippen molar-refractivity contribution in [2.75, 3.05) is 0 Å². The summed E-state index contributed by atoms with van der Waals surface area (Å²) in [6, 6.07) is 7.78. The molecule has 2 aromatic rings. The van der Waals surface area contributed by atoms with Gasteiger partial charge in [-0.05, 0) is 67.0 Å². The molecule has 2 amide bonds. The molecule has 1 N–H and O–H groups in total. The van der Waals surface area contributed by atoms with Gasteiger partial charge in [0.05, 0.1) is 0 Å². The standard InChI is InChI=1S/C20H17ClN2O3S/c1-10-4-15(21)18(22-9-10)26-13-2-3-14-12(6-13)5-11-7-20(14,8-11)16-17(24)23-19(25)27-16/h2-4,6,9,11,16H,5,7-8H2,1H3,(H,23,24,25). The molecule has 2 heterocycles. The normalized spacial score (nSPS) is 28.4. The van der Waals surface area contributed by atoms with Crippen LogP contribution in [-0.4, -0.2) is 21.4 Å². The molecule has 1 aromatic heterocycles. The van der Waals surface area contributed by atoms with Gasteiger partial charge in [-0.15, -0.1) is 0 Å². The minimum atomic E-state index is -0.333. The summed E-state index contributed by atoms with van der Waals surface area (Å²) in [5, 5.41) is 2.34. The number of nitrogens with one attached hydrogen (secondary N) is 1. The summed E-state index contributed by atoms with van der Waals surface area (Å²) in [6.45, 7) is 1.93. The Kier molecular flexibility index (Phi) is 3.78. The largest absolute Gasteiger partial charge is 0.438 e. The van der Waals surface area contributed by atoms with Crippen LogP contribution >= 0.6 is 23.4 Å². The number of nitrogens with zero attached hydrogens (tertiary/aromatic N) is 1. The molecule has 0 radical (unpaired) electrons. The molecular weight excluding hydrogens is 384 g/mol. The zero-order valence-electron chi connectivity index (χ0n) is 14.6. The van der Waals surface area contributed by atoms with Gasteiger partial charge in [-0.25, -0.2) is 4.98 Å². The number of thioether (sulfide) groups is 1. The third kappa shape index (κ3) is 2.65. The van der Waals surface area contributed by atoms with Crippen LogP contribution < -0.4 is 10.1 Å². The number of pyridine rings is 1. The van der Waals surface area contributed by atoms with E-state index in [4.69, 9.17) is 16.3 Å². The second-order valence-electron chi connectivity index (χ2n) is 7.63. The zero-order chi connectivity index (χ0) is 18.8. The van der Waals surface area contributed by atoms with Gasteiger partial charge in [-0.3, -0.25) is 14.9 Å². The van der Waals surface area contributed by atoms with Crippen molar-refractivity contribution in [1.82, 2.24) is 10.3 Å². The third-order valence-electron chi connectivity index (χ3n) is 5.78. The Morgan fingerprint density at radius 3 is 2.81 bits per heavy atom. The van der Waals surface area contributed by atoms with Crippen LogP contribution in [0.25, 0.3) is 0 Å². The van der Waals surface area contributed by atoms with Crippen LogP contribution in [0.15, 0.2) is 30.5 Å². The van der Waals surface area contributed by atoms with E-state index < -0.39 is 0 Å². The molecule has 1 aliphatic heterocycles. The van der Waals surface area contributed by atoms with Crippen molar-refractivity contribution >= 4 is 34.5 Å². The molecule has 1 saturated carbocycles. The van der Waals surface area contributed by atoms with E-state index >= 15 is 0 Å². The second kappa shape index (κ2) is 5.97. The van der Waals surface area contributed by atoms with E-state index in [0.29, 0.717) is 22.6 Å². The van der Waals surface area contributed by atoms with E-state index in [-0.39, 0.29) is 21.8 Å². The van der Waals surface area contributed by atoms with E-state index in [1.807, 2.05) is 31.2 Å². The summed E-state index contributed by atoms with van der Waals surface area (Å²) in [5.74, 6) is 1.46. The Morgan fingerprint density at radius 1 is 1.30 bits per heavy atom. The maximum absolute atomic E-state index is 12.3. The molecule has 0 spiro atoms. The highest BCUT2D eigenvalue weighted by atomic mass is 35.5. The summed E-state index contributed by atoms with van der Waals surface area (Å²) in [6.07, 6.45) is 4.61. The molecule has 1 unspecified atom stereocenters. The smallest absolute Gasteiger partial charge is 0.286 e. The summed E-state index contributed by atoms with van der Waals surface area (Å²) in [4.78, 5) is 28.2. The highest BCUT2D eigenvalue weighted by Gasteiger charge is 2.59. The first kappa shape index (κ1) is 17.1. The van der Waals surface area contributed by atoms with Gasteiger partial charge in [0.2, 0.25) is 11.8 Å². The summed E-state index contributed by atoms with van der Waals surface area (Å²) in [7, 11) is 0. The summed E-state index contributed by atoms with van der Waals surface area (Å²) >= 11 is 7.36. The van der Waals surface area contributed by atoms with Crippen molar-refractivity contribution in [3.63, 3.8) is 0 Å². The average Bonchev–Trinajstić information content (AvgIpc) is 2.94. The van der Waals surface area contributed by atoms with Gasteiger partial charge in [0, 0.05) is 11.6 Å². The van der Waals surface area contributed by atoms with Gasteiger partial charge in [-0.2, -0.15) is 0 Å². The number of halogens is 1. The molecule has 2 bridgehead atoms. The maximum atomic E-state index is 12.3. The van der Waals surface area contributed by atoms with Crippen LogP contribution in [0, 0.1) is 12.8 Å². The first-order valence-corrected chi connectivity index (χ1v) is 10.2. The fourth-order valence-electron chi connectivity index (χ4n) is 4.72. The summed E-state index contributed by atoms with van der Waals surface area (Å²) < 4.78 is 5.90. The Labute approximate surface area is 165 Å². The molecule has 1 atom stereocenters. The molecule has 1 aromatic carbocycles. The third-order valence-corrected chi connectivity index (χ3v) is 7.26. The van der Waals surface area contributed by atoms with Crippen LogP contribution in [0.3, 0.4) is 0 Å². The van der Waals surface area contributed by atoms with Gasteiger partial charge in [0.1, 0.15) is 16.0 Å². The van der Waals surface area contributed by atoms with Crippen molar-refractivity contribution < 1.29 is 14.3 Å². The number of hydrogen-bond donors (Lipinski definition) is 1. The minimum Gasteiger partial charge on any atom is -0.438 e. The topological polar surface area (TPSA) is 68.3 Å². The predicted octanol–water partition coefficient (Wildman–Crippen LogP) is 4.39. The van der Waals surface area contributed by atoms with Crippen molar-refractivity contribution in [2.24, 2.45) is 5.92 Å². The lowest BCUT2D eigenvalue weighted by Gasteiger charge is -2.55. The number of carbonyl (C=O) groups is 2. The molecule has 3 aliphatic carbocycles. The molecule has 4 aliphatic rings. The first-order valence-electron chi connectivity index (χ1n) is 8.89. The molecule has 138 valence electrons. The zero-order valence-corrected chi connectivity index (χ0v) is 16.2. The quantitative estimate of drug-likeness (QED) is 0.827. The lowest BCUT2D eigenvalue weighted by atomic mass is 9.50. The van der Waals surface area contributed by atoms with Gasteiger partial charge in [0.25, 0.3) is 5.24 Å². The first-order chi connectivity index (χ1) is 12.9. The van der Waals surface area contributed by atoms with E-state index in [0.717, 1.165) is 36.6 Å². The van der Waals surface area contributed by atoms with Crippen molar-refractivity contribution in [3.05, 3.63) is 52.2 Å². The molecule has 5 nitrogen and oxygen atoms in total. The Hall–Kier alpha value is -2.05. The molecule has 27 heavy (non-hydrogen) atoms. The molecule has 1 saturated heterocycles. The van der Waals surface area contributed by atoms with E-state index in [9.17, 15) is 9.59 Å². The Bertz CT molecular complexity index is 987. The lowest BCUT2D eigenvalue weighted by molar-refractivity contribution is -0.121. The number of imide groups is 1. The maximum Gasteiger partial charge on any atom is 0.286 e. The van der Waals surface area contributed by atoms with Gasteiger partial charge in [0.15, 0.2) is 0 Å². The van der Waals surface area contributed by atoms with Gasteiger partial charge >= 0.3 is 0 Å². The van der Waals surface area contributed by atoms with Crippen LogP contribution in [0.5, 0.6) is 11.6 Å². The van der Waals surface area contributed by atoms with Crippen molar-refractivity contribution in [2.45, 2.75) is 36.9 Å². The Balaban J connectivity index is 1.47. The highest BCUT2D eigenvalue weighted by molar-refractivity contribution is 8.15. The molecule has 2 fully saturated rings. The van der Waals surface area contributed by atoms with Crippen molar-refractivity contribution in [1.29, 1.82) is 0 Å². The SMILES string of the molecule is Cc1cnc(Oc2ccc3c(c2)CC2CC3(C3SC(=O)NC3=O)C2)c(Cl)c1. The van der Waals surface area contributed by atoms with Crippen LogP contribution in [-0.2, 0) is 16.6 Å². The Morgan fingerprint density at radius 2 is 2.11 bits per heavy atom. The number of rotatable bonds is 3. The lowest BCUT2D eigenvalue weighted by Crippen LogP contribution is -2.55. The van der Waals surface area contributed by atoms with E-state index in [1.54, 1.807) is 6.20 Å². The fourth-order valence-corrected chi connectivity index (χ4v) is 6.06. The average molecular weight is 401 g/mol. The number of amides is 2. The number of aryl methyl sites for hydroxylation is 1. The number of hydrogen-bond acceptors (Lipinski definition) is 5. The van der Waals surface area contributed by atoms with Gasteiger partial charge in [-0.1, -0.05) is 29.4 Å². The minimum absolute atomic E-state index is 0.160. The van der Waals surface area contributed by atoms with Crippen molar-refractivity contribution in [3.8, 4) is 11.6 Å². The molecule has 6 rings (SSSR count). The predicted molar refractivity (Wildman–Crippen MR) is 104 cm³/mol. The summed E-state index contributed by atoms with van der Waals surface area (Å²) in [5.41, 5.74) is 3.09. The monoisotopic (exact) mass is 400 g/mol. The number of aromatic nitrogens is 1.